The normalized spacial score (nSPS) is 24.0. The lowest BCUT2D eigenvalue weighted by Crippen LogP contribution is -2.43. The molecule has 5 heteroatoms. The summed E-state index contributed by atoms with van der Waals surface area (Å²) >= 11 is 0. The summed E-state index contributed by atoms with van der Waals surface area (Å²) < 4.78 is 0. The maximum absolute atomic E-state index is 11.0. The van der Waals surface area contributed by atoms with Crippen molar-refractivity contribution < 1.29 is 4.79 Å². The second kappa shape index (κ2) is 5.35. The van der Waals surface area contributed by atoms with E-state index in [1.165, 1.54) is 6.20 Å². The number of rotatable bonds is 3. The number of nitrogens with zero attached hydrogens (tertiary/aromatic N) is 2. The standard InChI is InChI=1S/C13H20N4O/c1-9-4-5-17(8-11(9)6-14)12-3-2-10(7-16-12)13(15)18/h2-3,7,9,11H,4-6,8,14H2,1H3,(H2,15,18). The van der Waals surface area contributed by atoms with Crippen LogP contribution in [-0.4, -0.2) is 30.5 Å². The third-order valence-corrected chi connectivity index (χ3v) is 3.77. The van der Waals surface area contributed by atoms with Crippen molar-refractivity contribution in [1.29, 1.82) is 0 Å². The van der Waals surface area contributed by atoms with Crippen molar-refractivity contribution in [2.75, 3.05) is 24.5 Å². The molecule has 1 aliphatic rings. The highest BCUT2D eigenvalue weighted by atomic mass is 16.1. The van der Waals surface area contributed by atoms with E-state index in [9.17, 15) is 4.79 Å². The summed E-state index contributed by atoms with van der Waals surface area (Å²) in [7, 11) is 0. The van der Waals surface area contributed by atoms with Gasteiger partial charge in [0.1, 0.15) is 5.82 Å². The summed E-state index contributed by atoms with van der Waals surface area (Å²) in [6, 6.07) is 3.57. The van der Waals surface area contributed by atoms with Crippen LogP contribution < -0.4 is 16.4 Å². The van der Waals surface area contributed by atoms with Crippen molar-refractivity contribution in [3.8, 4) is 0 Å². The Balaban J connectivity index is 2.09. The number of nitrogens with two attached hydrogens (primary N) is 2. The molecule has 0 spiro atoms. The Morgan fingerprint density at radius 2 is 2.33 bits per heavy atom. The van der Waals surface area contributed by atoms with Crippen LogP contribution in [0.1, 0.15) is 23.7 Å². The van der Waals surface area contributed by atoms with Gasteiger partial charge in [-0.05, 0) is 36.9 Å². The van der Waals surface area contributed by atoms with E-state index in [0.717, 1.165) is 25.3 Å². The molecular formula is C13H20N4O. The van der Waals surface area contributed by atoms with Gasteiger partial charge in [-0.1, -0.05) is 6.92 Å². The Labute approximate surface area is 107 Å². The lowest BCUT2D eigenvalue weighted by atomic mass is 9.87. The lowest BCUT2D eigenvalue weighted by Gasteiger charge is -2.37. The van der Waals surface area contributed by atoms with Gasteiger partial charge in [0.25, 0.3) is 0 Å². The lowest BCUT2D eigenvalue weighted by molar-refractivity contribution is 0.1000. The number of carbonyl (C=O) groups is 1. The quantitative estimate of drug-likeness (QED) is 0.820. The molecule has 98 valence electrons. The number of piperidine rings is 1. The van der Waals surface area contributed by atoms with Crippen molar-refractivity contribution in [3.05, 3.63) is 23.9 Å². The van der Waals surface area contributed by atoms with Gasteiger partial charge in [-0.2, -0.15) is 0 Å². The maximum atomic E-state index is 11.0. The van der Waals surface area contributed by atoms with Gasteiger partial charge in [0.15, 0.2) is 0 Å². The van der Waals surface area contributed by atoms with Crippen LogP contribution in [-0.2, 0) is 0 Å². The Kier molecular flexibility index (Phi) is 3.81. The van der Waals surface area contributed by atoms with E-state index in [4.69, 9.17) is 11.5 Å². The predicted molar refractivity (Wildman–Crippen MR) is 71.3 cm³/mol. The molecule has 1 aromatic rings. The van der Waals surface area contributed by atoms with Gasteiger partial charge in [-0.15, -0.1) is 0 Å². The van der Waals surface area contributed by atoms with Gasteiger partial charge in [0, 0.05) is 19.3 Å². The van der Waals surface area contributed by atoms with Crippen LogP contribution >= 0.6 is 0 Å². The summed E-state index contributed by atoms with van der Waals surface area (Å²) in [5.41, 5.74) is 11.4. The fourth-order valence-electron chi connectivity index (χ4n) is 2.38. The molecule has 0 aliphatic carbocycles. The maximum Gasteiger partial charge on any atom is 0.250 e. The largest absolute Gasteiger partial charge is 0.366 e. The molecule has 1 aliphatic heterocycles. The third kappa shape index (κ3) is 2.61. The molecule has 0 radical (unpaired) electrons. The van der Waals surface area contributed by atoms with Crippen LogP contribution in [0.5, 0.6) is 0 Å². The molecule has 2 heterocycles. The van der Waals surface area contributed by atoms with E-state index in [2.05, 4.69) is 16.8 Å². The van der Waals surface area contributed by atoms with Crippen molar-refractivity contribution >= 4 is 11.7 Å². The Morgan fingerprint density at radius 1 is 1.56 bits per heavy atom. The molecule has 1 aromatic heterocycles. The zero-order valence-electron chi connectivity index (χ0n) is 10.7. The molecule has 0 aromatic carbocycles. The first-order valence-corrected chi connectivity index (χ1v) is 6.32. The van der Waals surface area contributed by atoms with Gasteiger partial charge in [-0.25, -0.2) is 4.98 Å². The first kappa shape index (κ1) is 12.8. The van der Waals surface area contributed by atoms with Crippen molar-refractivity contribution in [2.24, 2.45) is 23.3 Å². The number of amides is 1. The van der Waals surface area contributed by atoms with Crippen molar-refractivity contribution in [2.45, 2.75) is 13.3 Å². The number of aromatic nitrogens is 1. The molecule has 2 atom stereocenters. The van der Waals surface area contributed by atoms with Crippen LogP contribution in [0.25, 0.3) is 0 Å². The summed E-state index contributed by atoms with van der Waals surface area (Å²) in [5.74, 6) is 1.62. The van der Waals surface area contributed by atoms with E-state index in [1.807, 2.05) is 6.07 Å². The first-order chi connectivity index (χ1) is 8.61. The highest BCUT2D eigenvalue weighted by Gasteiger charge is 2.25. The van der Waals surface area contributed by atoms with E-state index < -0.39 is 5.91 Å². The van der Waals surface area contributed by atoms with Crippen LogP contribution in [0.3, 0.4) is 0 Å². The fraction of sp³-hybridized carbons (Fsp3) is 0.538. The van der Waals surface area contributed by atoms with E-state index in [1.54, 1.807) is 6.07 Å². The molecule has 4 N–H and O–H groups in total. The number of anilines is 1. The van der Waals surface area contributed by atoms with Gasteiger partial charge in [-0.3, -0.25) is 4.79 Å². The average Bonchev–Trinajstić information content (AvgIpc) is 2.39. The Hall–Kier alpha value is -1.62. The van der Waals surface area contributed by atoms with E-state index >= 15 is 0 Å². The van der Waals surface area contributed by atoms with Gasteiger partial charge in [0.05, 0.1) is 5.56 Å². The summed E-state index contributed by atoms with van der Waals surface area (Å²) in [6.45, 7) is 4.87. The van der Waals surface area contributed by atoms with Crippen molar-refractivity contribution in [3.63, 3.8) is 0 Å². The van der Waals surface area contributed by atoms with Crippen LogP contribution in [0.4, 0.5) is 5.82 Å². The van der Waals surface area contributed by atoms with Crippen molar-refractivity contribution in [1.82, 2.24) is 4.98 Å². The van der Waals surface area contributed by atoms with Gasteiger partial charge >= 0.3 is 0 Å². The number of pyridine rings is 1. The second-order valence-corrected chi connectivity index (χ2v) is 4.98. The molecular weight excluding hydrogens is 228 g/mol. The van der Waals surface area contributed by atoms with E-state index in [-0.39, 0.29) is 0 Å². The minimum atomic E-state index is -0.443. The molecule has 0 bridgehead atoms. The average molecular weight is 248 g/mol. The zero-order chi connectivity index (χ0) is 13.1. The summed E-state index contributed by atoms with van der Waals surface area (Å²) in [5, 5.41) is 0. The second-order valence-electron chi connectivity index (χ2n) is 4.98. The number of hydrogen-bond acceptors (Lipinski definition) is 4. The number of carbonyl (C=O) groups excluding carboxylic acids is 1. The minimum Gasteiger partial charge on any atom is -0.366 e. The molecule has 2 unspecified atom stereocenters. The third-order valence-electron chi connectivity index (χ3n) is 3.77. The minimum absolute atomic E-state index is 0.443. The molecule has 1 fully saturated rings. The van der Waals surface area contributed by atoms with Gasteiger partial charge < -0.3 is 16.4 Å². The van der Waals surface area contributed by atoms with E-state index in [0.29, 0.717) is 23.9 Å². The SMILES string of the molecule is CC1CCN(c2ccc(C(N)=O)cn2)CC1CN. The number of hydrogen-bond donors (Lipinski definition) is 2. The smallest absolute Gasteiger partial charge is 0.250 e. The summed E-state index contributed by atoms with van der Waals surface area (Å²) in [4.78, 5) is 17.5. The zero-order valence-corrected chi connectivity index (χ0v) is 10.7. The highest BCUT2D eigenvalue weighted by molar-refractivity contribution is 5.92. The summed E-state index contributed by atoms with van der Waals surface area (Å²) in [6.07, 6.45) is 2.66. The molecule has 1 amide bonds. The Morgan fingerprint density at radius 3 is 2.89 bits per heavy atom. The van der Waals surface area contributed by atoms with Gasteiger partial charge in [0.2, 0.25) is 5.91 Å². The van der Waals surface area contributed by atoms with Crippen LogP contribution in [0.2, 0.25) is 0 Å². The fourth-order valence-corrected chi connectivity index (χ4v) is 2.38. The molecule has 1 saturated heterocycles. The highest BCUT2D eigenvalue weighted by Crippen LogP contribution is 2.25. The topological polar surface area (TPSA) is 85.2 Å². The Bertz CT molecular complexity index is 418. The van der Waals surface area contributed by atoms with Crippen LogP contribution in [0, 0.1) is 11.8 Å². The van der Waals surface area contributed by atoms with Crippen LogP contribution in [0.15, 0.2) is 18.3 Å². The predicted octanol–water partition coefficient (Wildman–Crippen LogP) is 0.602. The monoisotopic (exact) mass is 248 g/mol. The number of primary amides is 1. The molecule has 18 heavy (non-hydrogen) atoms. The first-order valence-electron chi connectivity index (χ1n) is 6.32. The molecule has 2 rings (SSSR count). The molecule has 5 nitrogen and oxygen atoms in total. The molecule has 0 saturated carbocycles.